The second kappa shape index (κ2) is 6.85. The average Bonchev–Trinajstić information content (AvgIpc) is 2.74. The highest BCUT2D eigenvalue weighted by molar-refractivity contribution is 7.89. The quantitative estimate of drug-likeness (QED) is 0.890. The molecule has 2 unspecified atom stereocenters. The lowest BCUT2D eigenvalue weighted by molar-refractivity contribution is 0.452. The Morgan fingerprint density at radius 2 is 2.05 bits per heavy atom. The van der Waals surface area contributed by atoms with Gasteiger partial charge in [0, 0.05) is 6.04 Å². The molecule has 2 atom stereocenters. The molecule has 0 saturated heterocycles. The van der Waals surface area contributed by atoms with Crippen molar-refractivity contribution in [3.05, 3.63) is 29.6 Å². The Morgan fingerprint density at radius 1 is 1.35 bits per heavy atom. The van der Waals surface area contributed by atoms with E-state index in [0.29, 0.717) is 12.1 Å². The van der Waals surface area contributed by atoms with Crippen molar-refractivity contribution < 1.29 is 12.8 Å². The van der Waals surface area contributed by atoms with Crippen molar-refractivity contribution in [3.8, 4) is 0 Å². The summed E-state index contributed by atoms with van der Waals surface area (Å²) in [5.74, 6) is -0.369. The van der Waals surface area contributed by atoms with E-state index in [2.05, 4.69) is 4.72 Å². The summed E-state index contributed by atoms with van der Waals surface area (Å²) in [6.07, 6.45) is 2.69. The first-order valence-corrected chi connectivity index (χ1v) is 7.90. The Morgan fingerprint density at radius 3 is 2.65 bits per heavy atom. The van der Waals surface area contributed by atoms with Crippen LogP contribution < -0.4 is 10.5 Å². The van der Waals surface area contributed by atoms with Crippen LogP contribution in [0.3, 0.4) is 0 Å². The Labute approximate surface area is 125 Å². The van der Waals surface area contributed by atoms with Crippen molar-refractivity contribution in [3.63, 3.8) is 0 Å². The van der Waals surface area contributed by atoms with Crippen molar-refractivity contribution in [2.45, 2.75) is 37.1 Å². The van der Waals surface area contributed by atoms with Gasteiger partial charge in [0.15, 0.2) is 0 Å². The van der Waals surface area contributed by atoms with E-state index in [1.165, 1.54) is 12.1 Å². The highest BCUT2D eigenvalue weighted by atomic mass is 35.5. The second-order valence-electron chi connectivity index (χ2n) is 5.12. The van der Waals surface area contributed by atoms with E-state index in [1.807, 2.05) is 0 Å². The topological polar surface area (TPSA) is 72.2 Å². The van der Waals surface area contributed by atoms with Gasteiger partial charge in [-0.15, -0.1) is 12.4 Å². The molecule has 0 amide bonds. The van der Waals surface area contributed by atoms with Crippen molar-refractivity contribution in [2.75, 3.05) is 6.54 Å². The number of aryl methyl sites for hydroxylation is 1. The number of benzene rings is 1. The van der Waals surface area contributed by atoms with Crippen LogP contribution in [0.2, 0.25) is 0 Å². The van der Waals surface area contributed by atoms with Crippen LogP contribution in [0.25, 0.3) is 0 Å². The van der Waals surface area contributed by atoms with Crippen LogP contribution in [0.15, 0.2) is 23.1 Å². The van der Waals surface area contributed by atoms with Gasteiger partial charge in [0.1, 0.15) is 5.82 Å². The first-order chi connectivity index (χ1) is 8.92. The summed E-state index contributed by atoms with van der Waals surface area (Å²) >= 11 is 0. The van der Waals surface area contributed by atoms with E-state index >= 15 is 0 Å². The van der Waals surface area contributed by atoms with Gasteiger partial charge in [-0.25, -0.2) is 17.5 Å². The van der Waals surface area contributed by atoms with Crippen LogP contribution in [0.5, 0.6) is 0 Å². The molecular formula is C13H20ClFN2O2S. The maximum absolute atomic E-state index is 13.3. The Kier molecular flexibility index (Phi) is 5.94. The average molecular weight is 323 g/mol. The summed E-state index contributed by atoms with van der Waals surface area (Å²) in [6.45, 7) is 2.13. The third-order valence-corrected chi connectivity index (χ3v) is 5.06. The highest BCUT2D eigenvalue weighted by Crippen LogP contribution is 2.26. The minimum atomic E-state index is -3.68. The van der Waals surface area contributed by atoms with Crippen LogP contribution in [0.1, 0.15) is 24.8 Å². The van der Waals surface area contributed by atoms with Gasteiger partial charge in [-0.1, -0.05) is 6.42 Å². The Bertz CT molecular complexity index is 545. The summed E-state index contributed by atoms with van der Waals surface area (Å²) in [5, 5.41) is 0. The van der Waals surface area contributed by atoms with Crippen LogP contribution in [-0.4, -0.2) is 21.0 Å². The summed E-state index contributed by atoms with van der Waals surface area (Å²) in [7, 11) is -3.68. The van der Waals surface area contributed by atoms with E-state index in [9.17, 15) is 12.8 Å². The number of hydrogen-bond donors (Lipinski definition) is 2. The van der Waals surface area contributed by atoms with E-state index < -0.39 is 15.8 Å². The first-order valence-electron chi connectivity index (χ1n) is 6.42. The van der Waals surface area contributed by atoms with Gasteiger partial charge in [0.2, 0.25) is 10.0 Å². The lowest BCUT2D eigenvalue weighted by atomic mass is 10.1. The van der Waals surface area contributed by atoms with Crippen molar-refractivity contribution >= 4 is 22.4 Å². The van der Waals surface area contributed by atoms with E-state index in [4.69, 9.17) is 5.73 Å². The monoisotopic (exact) mass is 322 g/mol. The molecule has 3 N–H and O–H groups in total. The number of rotatable bonds is 4. The Balaban J connectivity index is 0.00000200. The third kappa shape index (κ3) is 3.91. The molecular weight excluding hydrogens is 303 g/mol. The fourth-order valence-electron chi connectivity index (χ4n) is 2.60. The fourth-order valence-corrected chi connectivity index (χ4v) is 4.05. The molecule has 0 aliphatic heterocycles. The number of halogens is 2. The fraction of sp³-hybridized carbons (Fsp3) is 0.538. The van der Waals surface area contributed by atoms with Gasteiger partial charge in [0.25, 0.3) is 0 Å². The van der Waals surface area contributed by atoms with E-state index in [0.717, 1.165) is 25.3 Å². The largest absolute Gasteiger partial charge is 0.330 e. The van der Waals surface area contributed by atoms with Crippen molar-refractivity contribution in [1.29, 1.82) is 0 Å². The molecule has 0 heterocycles. The molecule has 20 heavy (non-hydrogen) atoms. The van der Waals surface area contributed by atoms with Gasteiger partial charge in [0.05, 0.1) is 4.90 Å². The summed E-state index contributed by atoms with van der Waals surface area (Å²) in [6, 6.07) is 3.68. The van der Waals surface area contributed by atoms with Gasteiger partial charge in [-0.3, -0.25) is 0 Å². The van der Waals surface area contributed by atoms with Crippen molar-refractivity contribution in [1.82, 2.24) is 4.72 Å². The summed E-state index contributed by atoms with van der Waals surface area (Å²) in [4.78, 5) is -0.0207. The third-order valence-electron chi connectivity index (χ3n) is 3.59. The molecule has 1 aliphatic carbocycles. The molecule has 4 nitrogen and oxygen atoms in total. The van der Waals surface area contributed by atoms with Crippen LogP contribution in [-0.2, 0) is 10.0 Å². The lowest BCUT2D eigenvalue weighted by Gasteiger charge is -2.19. The minimum Gasteiger partial charge on any atom is -0.330 e. The zero-order chi connectivity index (χ0) is 14.0. The van der Waals surface area contributed by atoms with Gasteiger partial charge >= 0.3 is 0 Å². The molecule has 114 valence electrons. The molecule has 2 rings (SSSR count). The van der Waals surface area contributed by atoms with Crippen LogP contribution >= 0.6 is 12.4 Å². The number of sulfonamides is 1. The predicted octanol–water partition coefficient (Wildman–Crippen LogP) is 1.96. The van der Waals surface area contributed by atoms with Crippen molar-refractivity contribution in [2.24, 2.45) is 11.7 Å². The summed E-state index contributed by atoms with van der Waals surface area (Å²) in [5.41, 5.74) is 6.22. The van der Waals surface area contributed by atoms with E-state index in [-0.39, 0.29) is 29.3 Å². The first kappa shape index (κ1) is 17.4. The number of hydrogen-bond acceptors (Lipinski definition) is 3. The van der Waals surface area contributed by atoms with Gasteiger partial charge in [-0.2, -0.15) is 0 Å². The molecule has 1 aromatic rings. The van der Waals surface area contributed by atoms with Gasteiger partial charge < -0.3 is 5.73 Å². The Hall–Kier alpha value is -0.690. The molecule has 0 bridgehead atoms. The smallest absolute Gasteiger partial charge is 0.240 e. The minimum absolute atomic E-state index is 0. The maximum Gasteiger partial charge on any atom is 0.240 e. The molecule has 1 aliphatic rings. The normalized spacial score (nSPS) is 22.6. The standard InChI is InChI=1S/C13H19FN2O2S.ClH/c1-9-5-11(14)7-12(6-9)19(17,18)16-13-4-2-3-10(13)8-15;/h5-7,10,13,16H,2-4,8,15H2,1H3;1H. The van der Waals surface area contributed by atoms with Crippen LogP contribution in [0, 0.1) is 18.7 Å². The zero-order valence-electron chi connectivity index (χ0n) is 11.3. The molecule has 0 radical (unpaired) electrons. The molecule has 1 fully saturated rings. The SMILES string of the molecule is Cc1cc(F)cc(S(=O)(=O)NC2CCCC2CN)c1.Cl. The highest BCUT2D eigenvalue weighted by Gasteiger charge is 2.30. The molecule has 7 heteroatoms. The van der Waals surface area contributed by atoms with Crippen LogP contribution in [0.4, 0.5) is 4.39 Å². The number of nitrogens with one attached hydrogen (secondary N) is 1. The summed E-state index contributed by atoms with van der Waals surface area (Å²) < 4.78 is 40.4. The maximum atomic E-state index is 13.3. The number of nitrogens with two attached hydrogens (primary N) is 1. The molecule has 0 spiro atoms. The zero-order valence-corrected chi connectivity index (χ0v) is 12.9. The molecule has 1 saturated carbocycles. The van der Waals surface area contributed by atoms with Gasteiger partial charge in [-0.05, 0) is 56.0 Å². The predicted molar refractivity (Wildman–Crippen MR) is 78.9 cm³/mol. The molecule has 0 aromatic heterocycles. The second-order valence-corrected chi connectivity index (χ2v) is 6.83. The molecule has 1 aromatic carbocycles. The van der Waals surface area contributed by atoms with E-state index in [1.54, 1.807) is 6.92 Å². The lowest BCUT2D eigenvalue weighted by Crippen LogP contribution is -2.39.